The maximum Gasteiger partial charge on any atom is 0.407 e. The Morgan fingerprint density at radius 1 is 1.28 bits per heavy atom. The number of aromatic amines is 1. The summed E-state index contributed by atoms with van der Waals surface area (Å²) < 4.78 is 35.1. The maximum atomic E-state index is 14.7. The summed E-state index contributed by atoms with van der Waals surface area (Å²) in [5, 5.41) is 4.86. The van der Waals surface area contributed by atoms with E-state index in [0.29, 0.717) is 5.52 Å². The zero-order valence-corrected chi connectivity index (χ0v) is 21.3. The van der Waals surface area contributed by atoms with Crippen molar-refractivity contribution in [2.75, 3.05) is 12.4 Å². The highest BCUT2D eigenvalue weighted by atomic mass is 19.3. The highest BCUT2D eigenvalue weighted by molar-refractivity contribution is 5.96. The van der Waals surface area contributed by atoms with Gasteiger partial charge in [0.05, 0.1) is 30.3 Å². The Hall–Kier alpha value is -4.81. The summed E-state index contributed by atoms with van der Waals surface area (Å²) >= 11 is 0. The number of alkyl carbamates (subject to hydrolysis) is 1. The number of benzene rings is 1. The summed E-state index contributed by atoms with van der Waals surface area (Å²) in [6.45, 7) is 4.50. The van der Waals surface area contributed by atoms with Crippen molar-refractivity contribution in [2.24, 2.45) is 5.73 Å². The molecule has 3 aromatic rings. The van der Waals surface area contributed by atoms with Crippen LogP contribution in [-0.2, 0) is 26.8 Å². The van der Waals surface area contributed by atoms with Crippen molar-refractivity contribution in [1.29, 1.82) is 0 Å². The predicted molar refractivity (Wildman–Crippen MR) is 140 cm³/mol. The van der Waals surface area contributed by atoms with E-state index in [0.717, 1.165) is 13.2 Å². The van der Waals surface area contributed by atoms with E-state index in [2.05, 4.69) is 31.9 Å². The maximum absolute atomic E-state index is 14.7. The van der Waals surface area contributed by atoms with Gasteiger partial charge in [0.15, 0.2) is 0 Å². The molecule has 3 amide bonds. The van der Waals surface area contributed by atoms with Gasteiger partial charge in [-0.3, -0.25) is 14.4 Å². The van der Waals surface area contributed by atoms with E-state index in [4.69, 9.17) is 5.73 Å². The van der Waals surface area contributed by atoms with E-state index in [1.54, 1.807) is 6.07 Å². The van der Waals surface area contributed by atoms with Crippen molar-refractivity contribution in [3.63, 3.8) is 0 Å². The Balaban J connectivity index is 1.83. The van der Waals surface area contributed by atoms with Crippen LogP contribution in [0.3, 0.4) is 0 Å². The van der Waals surface area contributed by atoms with Crippen molar-refractivity contribution in [2.45, 2.75) is 38.3 Å². The standard InChI is InChI=1S/C26H28F2N6O5/c1-15(2)26(27,28)16-8-6-10-17-22(16)33-21(30-17)14-34-13-7-11-19(24(34)37)31-23(36)18(32-25(38)39-3)9-4-5-12-20(29)35/h5-8,10-13,18H,1,4,9,14H2,2-3H3,(H2,29,35)(H,30,33)(H,31,36)(H,32,38)/b12-5+. The van der Waals surface area contributed by atoms with Gasteiger partial charge >= 0.3 is 6.09 Å². The number of H-pyrrole nitrogens is 1. The number of rotatable bonds is 11. The number of nitrogens with zero attached hydrogens (tertiary/aromatic N) is 2. The first-order chi connectivity index (χ1) is 18.4. The lowest BCUT2D eigenvalue weighted by Crippen LogP contribution is -2.44. The number of methoxy groups -OCH3 is 1. The van der Waals surface area contributed by atoms with E-state index in [-0.39, 0.29) is 47.6 Å². The summed E-state index contributed by atoms with van der Waals surface area (Å²) in [4.78, 5) is 55.8. The van der Waals surface area contributed by atoms with Gasteiger partial charge in [-0.05, 0) is 49.6 Å². The molecule has 0 spiro atoms. The summed E-state index contributed by atoms with van der Waals surface area (Å²) in [5.41, 5.74) is 4.15. The predicted octanol–water partition coefficient (Wildman–Crippen LogP) is 2.93. The van der Waals surface area contributed by atoms with Gasteiger partial charge in [-0.15, -0.1) is 0 Å². The van der Waals surface area contributed by atoms with Crippen LogP contribution in [0.4, 0.5) is 19.3 Å². The molecule has 39 heavy (non-hydrogen) atoms. The molecule has 1 unspecified atom stereocenters. The molecule has 0 saturated heterocycles. The van der Waals surface area contributed by atoms with Gasteiger partial charge in [-0.25, -0.2) is 9.78 Å². The number of halogens is 2. The minimum atomic E-state index is -3.29. The molecule has 5 N–H and O–H groups in total. The molecular weight excluding hydrogens is 514 g/mol. The molecule has 11 nitrogen and oxygen atoms in total. The fourth-order valence-electron chi connectivity index (χ4n) is 3.71. The van der Waals surface area contributed by atoms with Crippen molar-refractivity contribution in [3.05, 3.63) is 82.6 Å². The number of carbonyl (C=O) groups excluding carboxylic acids is 3. The lowest BCUT2D eigenvalue weighted by Gasteiger charge is -2.17. The molecule has 0 fully saturated rings. The van der Waals surface area contributed by atoms with E-state index >= 15 is 0 Å². The van der Waals surface area contributed by atoms with Gasteiger partial charge in [0.25, 0.3) is 11.5 Å². The topological polar surface area (TPSA) is 161 Å². The van der Waals surface area contributed by atoms with Gasteiger partial charge in [-0.1, -0.05) is 24.8 Å². The first kappa shape index (κ1) is 28.8. The highest BCUT2D eigenvalue weighted by Crippen LogP contribution is 2.37. The number of amides is 3. The van der Waals surface area contributed by atoms with Gasteiger partial charge in [0.2, 0.25) is 11.8 Å². The molecular formula is C26H28F2N6O5. The molecule has 13 heteroatoms. The minimum Gasteiger partial charge on any atom is -0.453 e. The number of nitrogens with one attached hydrogen (secondary N) is 3. The largest absolute Gasteiger partial charge is 0.453 e. The van der Waals surface area contributed by atoms with Crippen LogP contribution in [0, 0.1) is 0 Å². The Labute approximate surface area is 221 Å². The van der Waals surface area contributed by atoms with Crippen molar-refractivity contribution in [1.82, 2.24) is 19.9 Å². The number of imidazole rings is 1. The number of alkyl halides is 2. The van der Waals surface area contributed by atoms with Gasteiger partial charge in [0.1, 0.15) is 17.6 Å². The second-order valence-corrected chi connectivity index (χ2v) is 8.65. The molecule has 1 atom stereocenters. The fourth-order valence-corrected chi connectivity index (χ4v) is 3.71. The summed E-state index contributed by atoms with van der Waals surface area (Å²) in [7, 11) is 1.13. The van der Waals surface area contributed by atoms with E-state index in [1.165, 1.54) is 48.0 Å². The molecule has 0 radical (unpaired) electrons. The number of anilines is 1. The summed E-state index contributed by atoms with van der Waals surface area (Å²) in [5.74, 6) is -4.41. The lowest BCUT2D eigenvalue weighted by atomic mass is 10.0. The van der Waals surface area contributed by atoms with Crippen LogP contribution in [0.1, 0.15) is 31.2 Å². The number of hydrogen-bond donors (Lipinski definition) is 4. The number of pyridine rings is 1. The third-order valence-electron chi connectivity index (χ3n) is 5.73. The average Bonchev–Trinajstić information content (AvgIpc) is 3.30. The molecule has 0 bridgehead atoms. The van der Waals surface area contributed by atoms with Crippen LogP contribution in [0.2, 0.25) is 0 Å². The lowest BCUT2D eigenvalue weighted by molar-refractivity contribution is -0.118. The monoisotopic (exact) mass is 542 g/mol. The smallest absolute Gasteiger partial charge is 0.407 e. The van der Waals surface area contributed by atoms with Crippen molar-refractivity contribution < 1.29 is 27.9 Å². The second kappa shape index (κ2) is 12.2. The molecule has 0 aliphatic carbocycles. The molecule has 0 saturated carbocycles. The number of ether oxygens (including phenoxy) is 1. The number of allylic oxidation sites excluding steroid dienone is 2. The van der Waals surface area contributed by atoms with E-state index < -0.39 is 35.4 Å². The van der Waals surface area contributed by atoms with Crippen molar-refractivity contribution >= 4 is 34.6 Å². The Bertz CT molecular complexity index is 1490. The van der Waals surface area contributed by atoms with Gasteiger partial charge in [-0.2, -0.15) is 8.78 Å². The van der Waals surface area contributed by atoms with Gasteiger partial charge in [0, 0.05) is 6.20 Å². The fraction of sp³-hybridized carbons (Fsp3) is 0.269. The Kier molecular flexibility index (Phi) is 8.96. The first-order valence-corrected chi connectivity index (χ1v) is 11.8. The quantitative estimate of drug-likeness (QED) is 0.215. The molecule has 206 valence electrons. The second-order valence-electron chi connectivity index (χ2n) is 8.65. The van der Waals surface area contributed by atoms with Crippen LogP contribution in [-0.4, -0.2) is 45.6 Å². The highest BCUT2D eigenvalue weighted by Gasteiger charge is 2.35. The van der Waals surface area contributed by atoms with Crippen LogP contribution < -0.4 is 21.9 Å². The minimum absolute atomic E-state index is 0.0557. The molecule has 3 rings (SSSR count). The van der Waals surface area contributed by atoms with Crippen molar-refractivity contribution in [3.8, 4) is 0 Å². The Morgan fingerprint density at radius 3 is 2.69 bits per heavy atom. The summed E-state index contributed by atoms with van der Waals surface area (Å²) in [6, 6.07) is 6.14. The van der Waals surface area contributed by atoms with Crippen LogP contribution in [0.15, 0.2) is 65.6 Å². The Morgan fingerprint density at radius 2 is 2.03 bits per heavy atom. The van der Waals surface area contributed by atoms with Gasteiger partial charge < -0.3 is 30.7 Å². The molecule has 2 aromatic heterocycles. The third-order valence-corrected chi connectivity index (χ3v) is 5.73. The molecule has 0 aliphatic rings. The SMILES string of the molecule is C=C(C)C(F)(F)c1cccc2[nH]c(Cn3cccc(NC(=O)C(CC/C=C/C(N)=O)NC(=O)OC)c3=O)nc12. The van der Waals surface area contributed by atoms with Crippen LogP contribution in [0.25, 0.3) is 11.0 Å². The zero-order valence-electron chi connectivity index (χ0n) is 21.3. The number of fused-ring (bicyclic) bond motifs is 1. The first-order valence-electron chi connectivity index (χ1n) is 11.8. The number of para-hydroxylation sites is 1. The number of nitrogens with two attached hydrogens (primary N) is 1. The molecule has 0 aliphatic heterocycles. The normalized spacial score (nSPS) is 12.3. The van der Waals surface area contributed by atoms with E-state index in [9.17, 15) is 28.0 Å². The summed E-state index contributed by atoms with van der Waals surface area (Å²) in [6.07, 6.45) is 3.48. The average molecular weight is 543 g/mol. The third kappa shape index (κ3) is 6.94. The number of carbonyl (C=O) groups is 3. The zero-order chi connectivity index (χ0) is 28.7. The number of primary amides is 1. The molecule has 2 heterocycles. The van der Waals surface area contributed by atoms with E-state index in [1.807, 2.05) is 0 Å². The molecule has 1 aromatic carbocycles. The number of hydrogen-bond acceptors (Lipinski definition) is 6. The van der Waals surface area contributed by atoms with Crippen LogP contribution >= 0.6 is 0 Å². The van der Waals surface area contributed by atoms with Crippen LogP contribution in [0.5, 0.6) is 0 Å². The number of aromatic nitrogens is 3.